The molecule has 16 heavy (non-hydrogen) atoms. The van der Waals surface area contributed by atoms with Crippen LogP contribution in [0.5, 0.6) is 0 Å². The first kappa shape index (κ1) is 10.7. The van der Waals surface area contributed by atoms with Gasteiger partial charge in [-0.3, -0.25) is 4.79 Å². The largest absolute Gasteiger partial charge is 0.359 e. The van der Waals surface area contributed by atoms with Crippen LogP contribution in [0.25, 0.3) is 11.0 Å². The van der Waals surface area contributed by atoms with Crippen molar-refractivity contribution in [1.29, 1.82) is 0 Å². The van der Waals surface area contributed by atoms with Gasteiger partial charge < -0.3 is 9.88 Å². The molecule has 4 nitrogen and oxygen atoms in total. The van der Waals surface area contributed by atoms with Crippen molar-refractivity contribution >= 4 is 16.9 Å². The Bertz CT molecular complexity index is 516. The molecule has 0 saturated carbocycles. The fourth-order valence-corrected chi connectivity index (χ4v) is 1.82. The average molecular weight is 217 g/mol. The lowest BCUT2D eigenvalue weighted by Gasteiger charge is -2.05. The first-order valence-electron chi connectivity index (χ1n) is 5.35. The number of fused-ring (bicyclic) bond motifs is 1. The van der Waals surface area contributed by atoms with E-state index in [-0.39, 0.29) is 5.91 Å². The number of imidazole rings is 1. The van der Waals surface area contributed by atoms with Crippen LogP contribution >= 0.6 is 0 Å². The van der Waals surface area contributed by atoms with Gasteiger partial charge in [-0.05, 0) is 19.1 Å². The van der Waals surface area contributed by atoms with Gasteiger partial charge in [-0.15, -0.1) is 0 Å². The van der Waals surface area contributed by atoms with E-state index in [1.165, 1.54) is 0 Å². The number of aromatic nitrogens is 2. The number of nitrogens with zero attached hydrogens (tertiary/aromatic N) is 2. The molecule has 1 amide bonds. The maximum Gasteiger partial charge on any atom is 0.221 e. The molecular formula is C12H15N3O. The fraction of sp³-hybridized carbons (Fsp3) is 0.333. The first-order valence-corrected chi connectivity index (χ1v) is 5.35. The van der Waals surface area contributed by atoms with Crippen molar-refractivity contribution in [1.82, 2.24) is 14.9 Å². The highest BCUT2D eigenvalue weighted by Crippen LogP contribution is 2.15. The standard InChI is InChI=1S/C12H15N3O/c1-9-14-10-5-3-4-6-11(10)15(9)8-7-12(16)13-2/h3-6H,7-8H2,1-2H3,(H,13,16). The summed E-state index contributed by atoms with van der Waals surface area (Å²) in [6, 6.07) is 7.97. The highest BCUT2D eigenvalue weighted by atomic mass is 16.1. The van der Waals surface area contributed by atoms with Crippen LogP contribution in [0, 0.1) is 6.92 Å². The van der Waals surface area contributed by atoms with Crippen LogP contribution in [-0.2, 0) is 11.3 Å². The van der Waals surface area contributed by atoms with E-state index in [4.69, 9.17) is 0 Å². The van der Waals surface area contributed by atoms with Gasteiger partial charge in [0, 0.05) is 20.0 Å². The van der Waals surface area contributed by atoms with Crippen LogP contribution in [0.4, 0.5) is 0 Å². The number of nitrogens with one attached hydrogen (secondary N) is 1. The lowest BCUT2D eigenvalue weighted by atomic mass is 10.3. The molecule has 0 saturated heterocycles. The Morgan fingerprint density at radius 3 is 2.94 bits per heavy atom. The molecule has 1 N–H and O–H groups in total. The minimum Gasteiger partial charge on any atom is -0.359 e. The minimum absolute atomic E-state index is 0.0529. The Morgan fingerprint density at radius 1 is 1.44 bits per heavy atom. The third kappa shape index (κ3) is 1.91. The third-order valence-electron chi connectivity index (χ3n) is 2.69. The molecule has 0 radical (unpaired) electrons. The van der Waals surface area contributed by atoms with E-state index in [0.717, 1.165) is 16.9 Å². The lowest BCUT2D eigenvalue weighted by molar-refractivity contribution is -0.120. The molecule has 0 aliphatic rings. The first-order chi connectivity index (χ1) is 7.72. The Balaban J connectivity index is 2.29. The second-order valence-corrected chi connectivity index (χ2v) is 3.72. The van der Waals surface area contributed by atoms with Gasteiger partial charge >= 0.3 is 0 Å². The predicted molar refractivity (Wildman–Crippen MR) is 63.2 cm³/mol. The van der Waals surface area contributed by atoms with Crippen molar-refractivity contribution in [2.75, 3.05) is 7.05 Å². The maximum atomic E-state index is 11.2. The number of carbonyl (C=O) groups excluding carboxylic acids is 1. The summed E-state index contributed by atoms with van der Waals surface area (Å²) in [6.07, 6.45) is 0.484. The van der Waals surface area contributed by atoms with Gasteiger partial charge in [-0.2, -0.15) is 0 Å². The van der Waals surface area contributed by atoms with Crippen molar-refractivity contribution in [2.24, 2.45) is 0 Å². The quantitative estimate of drug-likeness (QED) is 0.846. The predicted octanol–water partition coefficient (Wildman–Crippen LogP) is 1.48. The van der Waals surface area contributed by atoms with Crippen LogP contribution in [0.2, 0.25) is 0 Å². The molecule has 0 fully saturated rings. The third-order valence-corrected chi connectivity index (χ3v) is 2.69. The van der Waals surface area contributed by atoms with Crippen molar-refractivity contribution in [3.8, 4) is 0 Å². The fourth-order valence-electron chi connectivity index (χ4n) is 1.82. The average Bonchev–Trinajstić information content (AvgIpc) is 2.62. The van der Waals surface area contributed by atoms with Crippen molar-refractivity contribution in [3.63, 3.8) is 0 Å². The monoisotopic (exact) mass is 217 g/mol. The van der Waals surface area contributed by atoms with Crippen LogP contribution in [0.15, 0.2) is 24.3 Å². The number of hydrogen-bond donors (Lipinski definition) is 1. The zero-order chi connectivity index (χ0) is 11.5. The summed E-state index contributed by atoms with van der Waals surface area (Å²) < 4.78 is 2.07. The van der Waals surface area contributed by atoms with Crippen LogP contribution in [-0.4, -0.2) is 22.5 Å². The molecule has 0 atom stereocenters. The molecule has 0 unspecified atom stereocenters. The summed E-state index contributed by atoms with van der Waals surface area (Å²) in [7, 11) is 1.65. The summed E-state index contributed by atoms with van der Waals surface area (Å²) in [6.45, 7) is 2.63. The summed E-state index contributed by atoms with van der Waals surface area (Å²) in [5.41, 5.74) is 2.07. The van der Waals surface area contributed by atoms with Gasteiger partial charge in [0.25, 0.3) is 0 Å². The molecule has 0 spiro atoms. The molecule has 84 valence electrons. The molecule has 0 aliphatic heterocycles. The summed E-state index contributed by atoms with van der Waals surface area (Å²) in [5, 5.41) is 2.62. The number of carbonyl (C=O) groups is 1. The van der Waals surface area contributed by atoms with E-state index >= 15 is 0 Å². The maximum absolute atomic E-state index is 11.2. The van der Waals surface area contributed by atoms with Gasteiger partial charge in [-0.25, -0.2) is 4.98 Å². The molecule has 1 aromatic carbocycles. The van der Waals surface area contributed by atoms with Crippen LogP contribution < -0.4 is 5.32 Å². The Kier molecular flexibility index (Phi) is 2.90. The molecule has 0 bridgehead atoms. The lowest BCUT2D eigenvalue weighted by Crippen LogP contribution is -2.19. The van der Waals surface area contributed by atoms with E-state index in [0.29, 0.717) is 13.0 Å². The topological polar surface area (TPSA) is 46.9 Å². The zero-order valence-electron chi connectivity index (χ0n) is 9.53. The van der Waals surface area contributed by atoms with Crippen LogP contribution in [0.1, 0.15) is 12.2 Å². The van der Waals surface area contributed by atoms with E-state index < -0.39 is 0 Å². The van der Waals surface area contributed by atoms with Gasteiger partial charge in [0.05, 0.1) is 11.0 Å². The minimum atomic E-state index is 0.0529. The Labute approximate surface area is 94.3 Å². The van der Waals surface area contributed by atoms with Gasteiger partial charge in [0.1, 0.15) is 5.82 Å². The Morgan fingerprint density at radius 2 is 2.19 bits per heavy atom. The molecule has 2 rings (SSSR count). The van der Waals surface area contributed by atoms with Crippen molar-refractivity contribution in [2.45, 2.75) is 19.9 Å². The molecule has 2 aromatic rings. The highest BCUT2D eigenvalue weighted by molar-refractivity contribution is 5.77. The SMILES string of the molecule is CNC(=O)CCn1c(C)nc2ccccc21. The van der Waals surface area contributed by atoms with E-state index in [1.807, 2.05) is 31.2 Å². The number of rotatable bonds is 3. The second-order valence-electron chi connectivity index (χ2n) is 3.72. The summed E-state index contributed by atoms with van der Waals surface area (Å²) >= 11 is 0. The number of para-hydroxylation sites is 2. The number of hydrogen-bond acceptors (Lipinski definition) is 2. The molecule has 4 heteroatoms. The van der Waals surface area contributed by atoms with E-state index in [9.17, 15) is 4.79 Å². The molecule has 0 aliphatic carbocycles. The van der Waals surface area contributed by atoms with Gasteiger partial charge in [0.2, 0.25) is 5.91 Å². The van der Waals surface area contributed by atoms with E-state index in [1.54, 1.807) is 7.05 Å². The smallest absolute Gasteiger partial charge is 0.221 e. The summed E-state index contributed by atoms with van der Waals surface area (Å²) in [5.74, 6) is 1.00. The highest BCUT2D eigenvalue weighted by Gasteiger charge is 2.07. The molecule has 1 aromatic heterocycles. The Hall–Kier alpha value is -1.84. The van der Waals surface area contributed by atoms with Crippen molar-refractivity contribution < 1.29 is 4.79 Å². The van der Waals surface area contributed by atoms with Crippen molar-refractivity contribution in [3.05, 3.63) is 30.1 Å². The second kappa shape index (κ2) is 4.35. The van der Waals surface area contributed by atoms with Crippen LogP contribution in [0.3, 0.4) is 0 Å². The van der Waals surface area contributed by atoms with Gasteiger partial charge in [-0.1, -0.05) is 12.1 Å². The number of benzene rings is 1. The summed E-state index contributed by atoms with van der Waals surface area (Å²) in [4.78, 5) is 15.7. The normalized spacial score (nSPS) is 10.6. The number of amides is 1. The molecular weight excluding hydrogens is 202 g/mol. The zero-order valence-corrected chi connectivity index (χ0v) is 9.53. The molecule has 1 heterocycles. The number of aryl methyl sites for hydroxylation is 2. The van der Waals surface area contributed by atoms with Gasteiger partial charge in [0.15, 0.2) is 0 Å². The van der Waals surface area contributed by atoms with E-state index in [2.05, 4.69) is 14.9 Å².